The Labute approximate surface area is 186 Å². The van der Waals surface area contributed by atoms with Gasteiger partial charge in [-0.25, -0.2) is 0 Å². The number of rotatable bonds is 9. The van der Waals surface area contributed by atoms with E-state index in [0.29, 0.717) is 23.5 Å². The second-order valence-electron chi connectivity index (χ2n) is 8.80. The van der Waals surface area contributed by atoms with Gasteiger partial charge in [0.05, 0.1) is 12.7 Å². The average molecular weight is 437 g/mol. The Morgan fingerprint density at radius 3 is 2.07 bits per heavy atom. The summed E-state index contributed by atoms with van der Waals surface area (Å²) in [7, 11) is 0. The molecule has 2 rings (SSSR count). The van der Waals surface area contributed by atoms with Crippen molar-refractivity contribution in [3.05, 3.63) is 57.1 Å². The maximum absolute atomic E-state index is 6.48. The number of hydrogen-bond acceptors (Lipinski definition) is 2. The zero-order chi connectivity index (χ0) is 21.7. The maximum atomic E-state index is 6.48. The predicted molar refractivity (Wildman–Crippen MR) is 125 cm³/mol. The molecule has 0 radical (unpaired) electrons. The molecule has 0 saturated heterocycles. The van der Waals surface area contributed by atoms with Crippen LogP contribution < -0.4 is 9.47 Å². The molecule has 2 nitrogen and oxygen atoms in total. The highest BCUT2D eigenvalue weighted by Gasteiger charge is 2.20. The van der Waals surface area contributed by atoms with Crippen LogP contribution in [0.1, 0.15) is 77.0 Å². The third-order valence-corrected chi connectivity index (χ3v) is 5.19. The molecule has 1 unspecified atom stereocenters. The Hall–Kier alpha value is -1.38. The molecule has 0 aliphatic rings. The van der Waals surface area contributed by atoms with E-state index in [1.807, 2.05) is 44.2 Å². The minimum atomic E-state index is 0.103. The molecule has 0 spiro atoms. The topological polar surface area (TPSA) is 18.5 Å². The monoisotopic (exact) mass is 436 g/mol. The molecule has 0 amide bonds. The largest absolute Gasteiger partial charge is 0.493 e. The van der Waals surface area contributed by atoms with Crippen molar-refractivity contribution < 1.29 is 9.47 Å². The van der Waals surface area contributed by atoms with E-state index in [1.165, 1.54) is 0 Å². The van der Waals surface area contributed by atoms with Crippen molar-refractivity contribution in [2.24, 2.45) is 5.92 Å². The smallest absolute Gasteiger partial charge is 0.126 e. The lowest BCUT2D eigenvalue weighted by Gasteiger charge is -2.23. The molecule has 2 aromatic carbocycles. The first-order valence-electron chi connectivity index (χ1n) is 10.5. The summed E-state index contributed by atoms with van der Waals surface area (Å²) in [5.74, 6) is 2.83. The number of halogens is 2. The van der Waals surface area contributed by atoms with Gasteiger partial charge < -0.3 is 9.47 Å². The Balaban J connectivity index is 2.43. The van der Waals surface area contributed by atoms with Gasteiger partial charge in [-0.1, -0.05) is 57.8 Å². The highest BCUT2D eigenvalue weighted by atomic mass is 35.5. The van der Waals surface area contributed by atoms with Gasteiger partial charge >= 0.3 is 0 Å². The molecule has 0 aromatic heterocycles. The van der Waals surface area contributed by atoms with Crippen LogP contribution in [0.3, 0.4) is 0 Å². The van der Waals surface area contributed by atoms with E-state index in [-0.39, 0.29) is 12.0 Å². The van der Waals surface area contributed by atoms with Crippen molar-refractivity contribution in [3.63, 3.8) is 0 Å². The zero-order valence-corrected chi connectivity index (χ0v) is 20.2. The molecule has 29 heavy (non-hydrogen) atoms. The molecule has 2 aromatic rings. The minimum absolute atomic E-state index is 0.103. The van der Waals surface area contributed by atoms with Gasteiger partial charge in [-0.3, -0.25) is 0 Å². The van der Waals surface area contributed by atoms with Crippen LogP contribution in [-0.4, -0.2) is 12.7 Å². The Morgan fingerprint density at radius 2 is 1.48 bits per heavy atom. The summed E-state index contributed by atoms with van der Waals surface area (Å²) in [6.07, 6.45) is 0.897. The summed E-state index contributed by atoms with van der Waals surface area (Å²) in [4.78, 5) is 0. The van der Waals surface area contributed by atoms with Crippen LogP contribution in [0, 0.1) is 5.92 Å². The highest BCUT2D eigenvalue weighted by molar-refractivity contribution is 6.31. The first-order chi connectivity index (χ1) is 13.6. The number of hydrogen-bond donors (Lipinski definition) is 0. The van der Waals surface area contributed by atoms with Crippen LogP contribution in [0.25, 0.3) is 0 Å². The van der Waals surface area contributed by atoms with Crippen LogP contribution in [0.5, 0.6) is 11.5 Å². The Bertz CT molecular complexity index is 813. The molecule has 4 heteroatoms. The standard InChI is InChI=1S/C25H34Cl2O2/c1-15(2)14-28-25-19(11-21(27)13-22(25)16(3)4)10-18(7)23-12-20(26)8-9-24(23)29-17(5)6/h8-9,11-13,15-18H,10,14H2,1-7H3. The van der Waals surface area contributed by atoms with Gasteiger partial charge in [0.15, 0.2) is 0 Å². The van der Waals surface area contributed by atoms with E-state index in [2.05, 4.69) is 34.6 Å². The van der Waals surface area contributed by atoms with Crippen LogP contribution in [0.4, 0.5) is 0 Å². The number of benzene rings is 2. The van der Waals surface area contributed by atoms with Gasteiger partial charge in [-0.15, -0.1) is 0 Å². The maximum Gasteiger partial charge on any atom is 0.126 e. The van der Waals surface area contributed by atoms with Crippen LogP contribution in [-0.2, 0) is 6.42 Å². The molecule has 0 aliphatic carbocycles. The first-order valence-corrected chi connectivity index (χ1v) is 11.2. The van der Waals surface area contributed by atoms with Crippen LogP contribution >= 0.6 is 23.2 Å². The number of ether oxygens (including phenoxy) is 2. The third kappa shape index (κ3) is 6.83. The highest BCUT2D eigenvalue weighted by Crippen LogP contribution is 2.38. The molecule has 0 heterocycles. The minimum Gasteiger partial charge on any atom is -0.493 e. The molecule has 160 valence electrons. The van der Waals surface area contributed by atoms with Crippen molar-refractivity contribution in [1.82, 2.24) is 0 Å². The summed E-state index contributed by atoms with van der Waals surface area (Å²) in [6.45, 7) is 15.6. The van der Waals surface area contributed by atoms with Gasteiger partial charge in [0.2, 0.25) is 0 Å². The molecule has 0 fully saturated rings. The van der Waals surface area contributed by atoms with Crippen LogP contribution in [0.2, 0.25) is 10.0 Å². The van der Waals surface area contributed by atoms with Crippen molar-refractivity contribution in [2.75, 3.05) is 6.61 Å². The fraction of sp³-hybridized carbons (Fsp3) is 0.520. The lowest BCUT2D eigenvalue weighted by molar-refractivity contribution is 0.238. The van der Waals surface area contributed by atoms with E-state index < -0.39 is 0 Å². The van der Waals surface area contributed by atoms with Crippen molar-refractivity contribution in [3.8, 4) is 11.5 Å². The SMILES string of the molecule is CC(C)COc1c(CC(C)c2cc(Cl)ccc2OC(C)C)cc(Cl)cc1C(C)C. The second kappa shape index (κ2) is 10.6. The third-order valence-electron chi connectivity index (χ3n) is 4.73. The van der Waals surface area contributed by atoms with E-state index in [9.17, 15) is 0 Å². The molecule has 0 bridgehead atoms. The van der Waals surface area contributed by atoms with Crippen LogP contribution in [0.15, 0.2) is 30.3 Å². The van der Waals surface area contributed by atoms with E-state index >= 15 is 0 Å². The van der Waals surface area contributed by atoms with Gasteiger partial charge in [0, 0.05) is 10.0 Å². The second-order valence-corrected chi connectivity index (χ2v) is 9.67. The molecular weight excluding hydrogens is 403 g/mol. The Kier molecular flexibility index (Phi) is 8.73. The summed E-state index contributed by atoms with van der Waals surface area (Å²) in [5, 5.41) is 1.46. The molecule has 1 atom stereocenters. The van der Waals surface area contributed by atoms with Crippen molar-refractivity contribution in [2.45, 2.75) is 72.8 Å². The summed E-state index contributed by atoms with van der Waals surface area (Å²) < 4.78 is 12.3. The van der Waals surface area contributed by atoms with Gasteiger partial charge in [0.25, 0.3) is 0 Å². The Morgan fingerprint density at radius 1 is 0.828 bits per heavy atom. The zero-order valence-electron chi connectivity index (χ0n) is 18.7. The van der Waals surface area contributed by atoms with Gasteiger partial charge in [0.1, 0.15) is 11.5 Å². The lowest BCUT2D eigenvalue weighted by Crippen LogP contribution is -2.12. The van der Waals surface area contributed by atoms with Gasteiger partial charge in [-0.2, -0.15) is 0 Å². The predicted octanol–water partition coefficient (Wildman–Crippen LogP) is 8.29. The quantitative estimate of drug-likeness (QED) is 0.393. The average Bonchev–Trinajstić information content (AvgIpc) is 2.61. The first kappa shape index (κ1) is 23.9. The molecule has 0 N–H and O–H groups in total. The van der Waals surface area contributed by atoms with Gasteiger partial charge in [-0.05, 0) is 85.0 Å². The molecule has 0 saturated carbocycles. The fourth-order valence-electron chi connectivity index (χ4n) is 3.39. The normalized spacial score (nSPS) is 12.7. The van der Waals surface area contributed by atoms with E-state index in [4.69, 9.17) is 32.7 Å². The molecular formula is C25H34Cl2O2. The van der Waals surface area contributed by atoms with E-state index in [0.717, 1.165) is 39.6 Å². The van der Waals surface area contributed by atoms with Crippen molar-refractivity contribution in [1.29, 1.82) is 0 Å². The molecule has 0 aliphatic heterocycles. The lowest BCUT2D eigenvalue weighted by atomic mass is 9.90. The summed E-state index contributed by atoms with van der Waals surface area (Å²) in [5.41, 5.74) is 3.39. The fourth-order valence-corrected chi connectivity index (χ4v) is 3.81. The summed E-state index contributed by atoms with van der Waals surface area (Å²) in [6, 6.07) is 9.91. The van der Waals surface area contributed by atoms with Crippen molar-refractivity contribution >= 4 is 23.2 Å². The summed E-state index contributed by atoms with van der Waals surface area (Å²) >= 11 is 12.8. The van der Waals surface area contributed by atoms with E-state index in [1.54, 1.807) is 0 Å².